The van der Waals surface area contributed by atoms with Crippen molar-refractivity contribution in [3.05, 3.63) is 23.8 Å². The van der Waals surface area contributed by atoms with Gasteiger partial charge in [-0.1, -0.05) is 20.8 Å². The predicted molar refractivity (Wildman–Crippen MR) is 96.8 cm³/mol. The Balaban J connectivity index is 2.31. The Morgan fingerprint density at radius 1 is 1.30 bits per heavy atom. The summed E-state index contributed by atoms with van der Waals surface area (Å²) < 4.78 is 11.9. The SMILES string of the molecule is COc1ccc2c(c1)C[C@@H](O[Si](C)(C)C(C)(C)C)CN2C(C)=O. The first-order chi connectivity index (χ1) is 10.5. The van der Waals surface area contributed by atoms with Crippen molar-refractivity contribution in [2.75, 3.05) is 18.6 Å². The molecule has 0 aliphatic carbocycles. The molecule has 0 N–H and O–H groups in total. The molecule has 5 heteroatoms. The van der Waals surface area contributed by atoms with E-state index in [1.807, 2.05) is 23.1 Å². The van der Waals surface area contributed by atoms with Crippen molar-refractivity contribution >= 4 is 19.9 Å². The first kappa shape index (κ1) is 18.0. The number of amides is 1. The molecule has 0 saturated heterocycles. The minimum absolute atomic E-state index is 0.0411. The van der Waals surface area contributed by atoms with Gasteiger partial charge in [-0.15, -0.1) is 0 Å². The van der Waals surface area contributed by atoms with Crippen LogP contribution in [-0.2, 0) is 15.6 Å². The Bertz CT molecular complexity index is 592. The highest BCUT2D eigenvalue weighted by Crippen LogP contribution is 2.39. The zero-order valence-electron chi connectivity index (χ0n) is 15.4. The largest absolute Gasteiger partial charge is 0.497 e. The maximum atomic E-state index is 12.1. The lowest BCUT2D eigenvalue weighted by Crippen LogP contribution is -2.50. The fraction of sp³-hybridized carbons (Fsp3) is 0.611. The molecule has 0 bridgehead atoms. The topological polar surface area (TPSA) is 38.8 Å². The molecule has 0 fully saturated rings. The van der Waals surface area contributed by atoms with Gasteiger partial charge in [-0.2, -0.15) is 0 Å². The summed E-state index contributed by atoms with van der Waals surface area (Å²) in [5.41, 5.74) is 2.10. The highest BCUT2D eigenvalue weighted by Gasteiger charge is 2.40. The second kappa shape index (κ2) is 6.28. The molecule has 0 spiro atoms. The van der Waals surface area contributed by atoms with E-state index < -0.39 is 8.32 Å². The summed E-state index contributed by atoms with van der Waals surface area (Å²) in [5, 5.41) is 0.155. The number of nitrogens with zero attached hydrogens (tertiary/aromatic N) is 1. The summed E-state index contributed by atoms with van der Waals surface area (Å²) >= 11 is 0. The molecule has 128 valence electrons. The summed E-state index contributed by atoms with van der Waals surface area (Å²) in [7, 11) is -0.205. The Morgan fingerprint density at radius 2 is 1.96 bits per heavy atom. The van der Waals surface area contributed by atoms with E-state index in [-0.39, 0.29) is 17.0 Å². The zero-order valence-corrected chi connectivity index (χ0v) is 16.4. The van der Waals surface area contributed by atoms with Crippen molar-refractivity contribution < 1.29 is 14.0 Å². The second-order valence-electron chi connectivity index (χ2n) is 7.83. The molecule has 4 nitrogen and oxygen atoms in total. The lowest BCUT2D eigenvalue weighted by Gasteiger charge is -2.42. The van der Waals surface area contributed by atoms with Crippen molar-refractivity contribution in [2.24, 2.45) is 0 Å². The van der Waals surface area contributed by atoms with Gasteiger partial charge in [-0.3, -0.25) is 4.79 Å². The molecule has 1 aliphatic rings. The molecular formula is C18H29NO3Si. The summed E-state index contributed by atoms with van der Waals surface area (Å²) in [4.78, 5) is 13.9. The van der Waals surface area contributed by atoms with Gasteiger partial charge in [-0.05, 0) is 41.9 Å². The van der Waals surface area contributed by atoms with Crippen molar-refractivity contribution in [2.45, 2.75) is 58.4 Å². The van der Waals surface area contributed by atoms with Crippen LogP contribution in [0.2, 0.25) is 18.1 Å². The number of hydrogen-bond acceptors (Lipinski definition) is 3. The van der Waals surface area contributed by atoms with Crippen LogP contribution in [0.25, 0.3) is 0 Å². The summed E-state index contributed by atoms with van der Waals surface area (Å²) in [6.07, 6.45) is 0.863. The maximum Gasteiger partial charge on any atom is 0.223 e. The van der Waals surface area contributed by atoms with E-state index in [4.69, 9.17) is 9.16 Å². The molecule has 0 unspecified atom stereocenters. The molecule has 1 atom stereocenters. The van der Waals surface area contributed by atoms with Gasteiger partial charge >= 0.3 is 0 Å². The van der Waals surface area contributed by atoms with E-state index in [1.54, 1.807) is 14.0 Å². The number of rotatable bonds is 3. The minimum atomic E-state index is -1.87. The fourth-order valence-electron chi connectivity index (χ4n) is 2.70. The van der Waals surface area contributed by atoms with Crippen LogP contribution in [0, 0.1) is 0 Å². The van der Waals surface area contributed by atoms with Gasteiger partial charge in [0, 0.05) is 19.0 Å². The monoisotopic (exact) mass is 335 g/mol. The molecule has 2 rings (SSSR count). The van der Waals surface area contributed by atoms with Crippen LogP contribution >= 0.6 is 0 Å². The van der Waals surface area contributed by atoms with Gasteiger partial charge in [0.25, 0.3) is 0 Å². The van der Waals surface area contributed by atoms with Crippen molar-refractivity contribution in [3.63, 3.8) is 0 Å². The number of carbonyl (C=O) groups is 1. The number of benzene rings is 1. The van der Waals surface area contributed by atoms with Crippen LogP contribution in [0.1, 0.15) is 33.3 Å². The van der Waals surface area contributed by atoms with Crippen LogP contribution in [0.15, 0.2) is 18.2 Å². The standard InChI is InChI=1S/C18H29NO3Si/c1-13(20)19-12-16(22-23(6,7)18(2,3)4)11-14-10-15(21-5)8-9-17(14)19/h8-10,16H,11-12H2,1-7H3/t16-/m1/s1. The van der Waals surface area contributed by atoms with Crippen LogP contribution < -0.4 is 9.64 Å². The van der Waals surface area contributed by atoms with Gasteiger partial charge in [0.05, 0.1) is 19.8 Å². The number of fused-ring (bicyclic) bond motifs is 1. The first-order valence-corrected chi connectivity index (χ1v) is 11.1. The van der Waals surface area contributed by atoms with Gasteiger partial charge in [0.15, 0.2) is 8.32 Å². The Kier molecular flexibility index (Phi) is 4.92. The maximum absolute atomic E-state index is 12.1. The van der Waals surface area contributed by atoms with E-state index in [1.165, 1.54) is 0 Å². The van der Waals surface area contributed by atoms with Crippen molar-refractivity contribution in [3.8, 4) is 5.75 Å². The highest BCUT2D eigenvalue weighted by molar-refractivity contribution is 6.74. The van der Waals surface area contributed by atoms with Crippen LogP contribution in [-0.4, -0.2) is 34.0 Å². The smallest absolute Gasteiger partial charge is 0.223 e. The van der Waals surface area contributed by atoms with Crippen LogP contribution in [0.3, 0.4) is 0 Å². The lowest BCUT2D eigenvalue weighted by atomic mass is 9.99. The summed E-state index contributed by atoms with van der Waals surface area (Å²) in [5.74, 6) is 0.875. The number of ether oxygens (including phenoxy) is 1. The third-order valence-electron chi connectivity index (χ3n) is 5.06. The molecule has 1 aromatic rings. The number of methoxy groups -OCH3 is 1. The fourth-order valence-corrected chi connectivity index (χ4v) is 4.04. The molecule has 0 aromatic heterocycles. The quantitative estimate of drug-likeness (QED) is 0.784. The average molecular weight is 336 g/mol. The Morgan fingerprint density at radius 3 is 2.48 bits per heavy atom. The van der Waals surface area contributed by atoms with Crippen LogP contribution in [0.5, 0.6) is 5.75 Å². The normalized spacial score (nSPS) is 18.6. The number of hydrogen-bond donors (Lipinski definition) is 0. The molecule has 0 saturated carbocycles. The van der Waals surface area contributed by atoms with Crippen LogP contribution in [0.4, 0.5) is 5.69 Å². The third-order valence-corrected chi connectivity index (χ3v) is 9.59. The molecular weight excluding hydrogens is 306 g/mol. The van der Waals surface area contributed by atoms with Crippen molar-refractivity contribution in [1.82, 2.24) is 0 Å². The van der Waals surface area contributed by atoms with E-state index in [2.05, 4.69) is 33.9 Å². The van der Waals surface area contributed by atoms with E-state index in [0.717, 1.165) is 23.4 Å². The Hall–Kier alpha value is -1.33. The van der Waals surface area contributed by atoms with Crippen molar-refractivity contribution in [1.29, 1.82) is 0 Å². The van der Waals surface area contributed by atoms with E-state index in [0.29, 0.717) is 6.54 Å². The highest BCUT2D eigenvalue weighted by atomic mass is 28.4. The van der Waals surface area contributed by atoms with E-state index >= 15 is 0 Å². The van der Waals surface area contributed by atoms with Gasteiger partial charge in [-0.25, -0.2) is 0 Å². The first-order valence-electron chi connectivity index (χ1n) is 8.18. The molecule has 1 aromatic carbocycles. The number of anilines is 1. The molecule has 1 heterocycles. The van der Waals surface area contributed by atoms with Gasteiger partial charge in [0.2, 0.25) is 5.91 Å². The number of carbonyl (C=O) groups excluding carboxylic acids is 1. The summed E-state index contributed by atoms with van der Waals surface area (Å²) in [6, 6.07) is 5.90. The Labute approximate surface area is 140 Å². The lowest BCUT2D eigenvalue weighted by molar-refractivity contribution is -0.117. The molecule has 1 amide bonds. The van der Waals surface area contributed by atoms with Gasteiger partial charge in [0.1, 0.15) is 5.75 Å². The van der Waals surface area contributed by atoms with Gasteiger partial charge < -0.3 is 14.1 Å². The molecule has 0 radical (unpaired) electrons. The average Bonchev–Trinajstić information content (AvgIpc) is 2.43. The van der Waals surface area contributed by atoms with E-state index in [9.17, 15) is 4.79 Å². The third kappa shape index (κ3) is 3.78. The molecule has 1 aliphatic heterocycles. The minimum Gasteiger partial charge on any atom is -0.497 e. The second-order valence-corrected chi connectivity index (χ2v) is 12.6. The summed E-state index contributed by atoms with van der Waals surface area (Å²) in [6.45, 7) is 13.5. The zero-order chi connectivity index (χ0) is 17.4. The molecule has 23 heavy (non-hydrogen) atoms. The predicted octanol–water partition coefficient (Wildman–Crippen LogP) is 3.99.